The van der Waals surface area contributed by atoms with Crippen molar-refractivity contribution in [3.05, 3.63) is 175 Å². The summed E-state index contributed by atoms with van der Waals surface area (Å²) >= 11 is 0. The molecule has 0 aliphatic rings. The molecule has 4 nitrogen and oxygen atoms in total. The number of oxazole rings is 1. The lowest BCUT2D eigenvalue weighted by atomic mass is 9.95. The van der Waals surface area contributed by atoms with Crippen molar-refractivity contribution < 1.29 is 4.42 Å². The van der Waals surface area contributed by atoms with Gasteiger partial charge >= 0.3 is 0 Å². The van der Waals surface area contributed by atoms with E-state index in [1.807, 2.05) is 30.3 Å². The largest absolute Gasteiger partial charge is 0.436 e. The molecular weight excluding hydrogens is 599 g/mol. The molecule has 0 spiro atoms. The van der Waals surface area contributed by atoms with E-state index in [0.29, 0.717) is 5.89 Å². The van der Waals surface area contributed by atoms with Gasteiger partial charge in [0.2, 0.25) is 5.89 Å². The molecule has 234 valence electrons. The molecule has 0 fully saturated rings. The Morgan fingerprint density at radius 2 is 1.16 bits per heavy atom. The molecule has 0 saturated heterocycles. The van der Waals surface area contributed by atoms with Crippen molar-refractivity contribution in [3.63, 3.8) is 0 Å². The molecule has 9 aromatic rings. The predicted octanol–water partition coefficient (Wildman–Crippen LogP) is 12.3. The normalized spacial score (nSPS) is 11.5. The van der Waals surface area contributed by atoms with Crippen LogP contribution in [0.2, 0.25) is 0 Å². The predicted molar refractivity (Wildman–Crippen MR) is 203 cm³/mol. The fourth-order valence-corrected chi connectivity index (χ4v) is 7.12. The van der Waals surface area contributed by atoms with Crippen LogP contribution in [0.15, 0.2) is 168 Å². The monoisotopic (exact) mass is 631 g/mol. The molecule has 7 aromatic carbocycles. The minimum Gasteiger partial charge on any atom is -0.436 e. The van der Waals surface area contributed by atoms with Crippen molar-refractivity contribution >= 4 is 50.0 Å². The van der Waals surface area contributed by atoms with Gasteiger partial charge in [-0.3, -0.25) is 0 Å². The maximum atomic E-state index is 6.23. The van der Waals surface area contributed by atoms with Crippen LogP contribution in [-0.4, -0.2) is 9.55 Å². The molecule has 2 heterocycles. The standard InChI is InChI=1S/C45H33N3O/c1-30-31(2)41(27-24-37(30)33-22-25-40-44(28-33)49-45(46-40)32-14-6-3-7-15-32)48-42-21-13-12-20-38(42)39-29-36(23-26-43(39)48)47(34-16-8-4-9-17-34)35-18-10-5-11-19-35/h3-29H,1-2H3. The van der Waals surface area contributed by atoms with E-state index in [9.17, 15) is 0 Å². The quantitative estimate of drug-likeness (QED) is 0.183. The molecule has 2 aromatic heterocycles. The van der Waals surface area contributed by atoms with Gasteiger partial charge in [0.25, 0.3) is 0 Å². The molecule has 49 heavy (non-hydrogen) atoms. The summed E-state index contributed by atoms with van der Waals surface area (Å²) < 4.78 is 8.65. The third kappa shape index (κ3) is 4.88. The number of anilines is 3. The zero-order valence-corrected chi connectivity index (χ0v) is 27.3. The van der Waals surface area contributed by atoms with Gasteiger partial charge in [0, 0.05) is 39.1 Å². The van der Waals surface area contributed by atoms with Gasteiger partial charge in [0.05, 0.1) is 11.0 Å². The Bertz CT molecular complexity index is 2580. The highest BCUT2D eigenvalue weighted by Gasteiger charge is 2.19. The number of para-hydroxylation sites is 3. The highest BCUT2D eigenvalue weighted by Crippen LogP contribution is 2.41. The lowest BCUT2D eigenvalue weighted by Crippen LogP contribution is -2.09. The van der Waals surface area contributed by atoms with Gasteiger partial charge in [0.15, 0.2) is 5.58 Å². The molecule has 0 saturated carbocycles. The number of rotatable bonds is 6. The van der Waals surface area contributed by atoms with Crippen molar-refractivity contribution in [2.75, 3.05) is 4.90 Å². The summed E-state index contributed by atoms with van der Waals surface area (Å²) in [6.45, 7) is 4.45. The Kier molecular flexibility index (Phi) is 6.87. The molecule has 0 radical (unpaired) electrons. The maximum absolute atomic E-state index is 6.23. The lowest BCUT2D eigenvalue weighted by molar-refractivity contribution is 0.620. The number of hydrogen-bond acceptors (Lipinski definition) is 3. The molecule has 4 heteroatoms. The Balaban J connectivity index is 1.16. The van der Waals surface area contributed by atoms with Crippen molar-refractivity contribution in [3.8, 4) is 28.3 Å². The van der Waals surface area contributed by atoms with Crippen LogP contribution in [0.4, 0.5) is 17.1 Å². The first-order valence-electron chi connectivity index (χ1n) is 16.6. The van der Waals surface area contributed by atoms with Crippen molar-refractivity contribution in [2.24, 2.45) is 0 Å². The van der Waals surface area contributed by atoms with Crippen molar-refractivity contribution in [1.29, 1.82) is 0 Å². The van der Waals surface area contributed by atoms with Crippen molar-refractivity contribution in [1.82, 2.24) is 9.55 Å². The molecule has 0 bridgehead atoms. The van der Waals surface area contributed by atoms with Crippen molar-refractivity contribution in [2.45, 2.75) is 13.8 Å². The van der Waals surface area contributed by atoms with Gasteiger partial charge < -0.3 is 13.9 Å². The first-order valence-corrected chi connectivity index (χ1v) is 16.6. The van der Waals surface area contributed by atoms with Gasteiger partial charge in [0.1, 0.15) is 5.52 Å². The van der Waals surface area contributed by atoms with E-state index in [-0.39, 0.29) is 0 Å². The SMILES string of the molecule is Cc1c(-c2ccc3nc(-c4ccccc4)oc3c2)ccc(-n2c3ccccc3c3cc(N(c4ccccc4)c4ccccc4)ccc32)c1C. The highest BCUT2D eigenvalue weighted by molar-refractivity contribution is 6.11. The number of benzene rings is 7. The van der Waals surface area contributed by atoms with Crippen LogP contribution < -0.4 is 4.90 Å². The molecule has 0 aliphatic heterocycles. The number of hydrogen-bond donors (Lipinski definition) is 0. The Labute approximate surface area is 285 Å². The highest BCUT2D eigenvalue weighted by atomic mass is 16.3. The first kappa shape index (κ1) is 28.8. The Hall–Kier alpha value is -6.39. The minimum absolute atomic E-state index is 0.640. The summed E-state index contributed by atoms with van der Waals surface area (Å²) in [6, 6.07) is 57.6. The van der Waals surface area contributed by atoms with E-state index in [4.69, 9.17) is 9.40 Å². The van der Waals surface area contributed by atoms with E-state index in [1.54, 1.807) is 0 Å². The molecule has 0 aliphatic carbocycles. The summed E-state index contributed by atoms with van der Waals surface area (Å²) in [7, 11) is 0. The van der Waals surface area contributed by atoms with Crippen LogP contribution >= 0.6 is 0 Å². The maximum Gasteiger partial charge on any atom is 0.227 e. The van der Waals surface area contributed by atoms with Crippen LogP contribution in [-0.2, 0) is 0 Å². The van der Waals surface area contributed by atoms with Crippen LogP contribution in [0.5, 0.6) is 0 Å². The van der Waals surface area contributed by atoms with Gasteiger partial charge in [-0.1, -0.05) is 84.9 Å². The third-order valence-corrected chi connectivity index (χ3v) is 9.66. The van der Waals surface area contributed by atoms with E-state index in [0.717, 1.165) is 39.3 Å². The van der Waals surface area contributed by atoms with E-state index in [2.05, 4.69) is 157 Å². The Morgan fingerprint density at radius 1 is 0.510 bits per heavy atom. The van der Waals surface area contributed by atoms with Gasteiger partial charge in [-0.15, -0.1) is 0 Å². The second-order valence-corrected chi connectivity index (χ2v) is 12.5. The summed E-state index contributed by atoms with van der Waals surface area (Å²) in [4.78, 5) is 7.07. The fraction of sp³-hybridized carbons (Fsp3) is 0.0444. The summed E-state index contributed by atoms with van der Waals surface area (Å²) in [5.74, 6) is 0.640. The molecular formula is C45H33N3O. The number of nitrogens with zero attached hydrogens (tertiary/aromatic N) is 3. The van der Waals surface area contributed by atoms with Gasteiger partial charge in [-0.25, -0.2) is 4.98 Å². The zero-order valence-electron chi connectivity index (χ0n) is 27.3. The molecule has 0 atom stereocenters. The van der Waals surface area contributed by atoms with Crippen LogP contribution in [0.3, 0.4) is 0 Å². The topological polar surface area (TPSA) is 34.2 Å². The molecule has 0 amide bonds. The summed E-state index contributed by atoms with van der Waals surface area (Å²) in [6.07, 6.45) is 0. The van der Waals surface area contributed by atoms with Crippen LogP contribution in [0.1, 0.15) is 11.1 Å². The first-order chi connectivity index (χ1) is 24.1. The average molecular weight is 632 g/mol. The van der Waals surface area contributed by atoms with Gasteiger partial charge in [-0.05, 0) is 115 Å². The number of fused-ring (bicyclic) bond motifs is 4. The Morgan fingerprint density at radius 3 is 1.90 bits per heavy atom. The van der Waals surface area contributed by atoms with Gasteiger partial charge in [-0.2, -0.15) is 0 Å². The molecule has 9 rings (SSSR count). The third-order valence-electron chi connectivity index (χ3n) is 9.66. The number of aromatic nitrogens is 2. The fourth-order valence-electron chi connectivity index (χ4n) is 7.12. The second-order valence-electron chi connectivity index (χ2n) is 12.5. The van der Waals surface area contributed by atoms with Crippen LogP contribution in [0, 0.1) is 13.8 Å². The molecule has 0 N–H and O–H groups in total. The minimum atomic E-state index is 0.640. The second kappa shape index (κ2) is 11.7. The summed E-state index contributed by atoms with van der Waals surface area (Å²) in [5, 5.41) is 2.45. The van der Waals surface area contributed by atoms with Crippen LogP contribution in [0.25, 0.3) is 61.2 Å². The molecule has 0 unspecified atom stereocenters. The van der Waals surface area contributed by atoms with E-state index >= 15 is 0 Å². The smallest absolute Gasteiger partial charge is 0.227 e. The summed E-state index contributed by atoms with van der Waals surface area (Å²) in [5.41, 5.74) is 14.3. The van der Waals surface area contributed by atoms with E-state index in [1.165, 1.54) is 44.2 Å². The lowest BCUT2D eigenvalue weighted by Gasteiger charge is -2.25. The average Bonchev–Trinajstić information content (AvgIpc) is 3.73. The van der Waals surface area contributed by atoms with E-state index < -0.39 is 0 Å². The zero-order chi connectivity index (χ0) is 32.9.